The molecule has 3 N–H and O–H groups in total. The second kappa shape index (κ2) is 5.58. The van der Waals surface area contributed by atoms with Gasteiger partial charge in [-0.05, 0) is 32.6 Å². The van der Waals surface area contributed by atoms with Gasteiger partial charge in [0.2, 0.25) is 11.8 Å². The fourth-order valence-electron chi connectivity index (χ4n) is 2.66. The van der Waals surface area contributed by atoms with Crippen LogP contribution in [-0.2, 0) is 0 Å². The molecule has 1 saturated heterocycles. The number of nitrogens with two attached hydrogens (primary N) is 1. The van der Waals surface area contributed by atoms with Crippen LogP contribution in [0.25, 0.3) is 0 Å². The van der Waals surface area contributed by atoms with Gasteiger partial charge in [0, 0.05) is 12.6 Å². The molecule has 0 amide bonds. The Kier molecular flexibility index (Phi) is 4.03. The zero-order valence-electron chi connectivity index (χ0n) is 12.0. The number of nitrogens with one attached hydrogen (secondary N) is 1. The minimum atomic E-state index is -0.420. The summed E-state index contributed by atoms with van der Waals surface area (Å²) in [6, 6.07) is 0.197. The normalized spacial score (nSPS) is 22.7. The summed E-state index contributed by atoms with van der Waals surface area (Å²) in [7, 11) is 0. The smallest absolute Gasteiger partial charge is 0.332 e. The Morgan fingerprint density at radius 1 is 1.45 bits per heavy atom. The molecule has 1 aliphatic heterocycles. The number of nitrogen functional groups attached to an aromatic ring is 1. The molecular formula is C12H20N6O2. The Hall–Kier alpha value is -1.96. The number of rotatable bonds is 3. The molecule has 2 heterocycles. The summed E-state index contributed by atoms with van der Waals surface area (Å²) in [6.45, 7) is 6.58. The maximum atomic E-state index is 11.3. The second-order valence-electron chi connectivity index (χ2n) is 5.26. The third-order valence-electron chi connectivity index (χ3n) is 4.00. The van der Waals surface area contributed by atoms with E-state index in [0.29, 0.717) is 17.4 Å². The van der Waals surface area contributed by atoms with Crippen molar-refractivity contribution in [2.75, 3.05) is 16.9 Å². The lowest BCUT2D eigenvalue weighted by molar-refractivity contribution is -0.385. The summed E-state index contributed by atoms with van der Waals surface area (Å²) in [6.07, 6.45) is 2.12. The van der Waals surface area contributed by atoms with E-state index >= 15 is 0 Å². The van der Waals surface area contributed by atoms with Crippen LogP contribution in [-0.4, -0.2) is 27.5 Å². The van der Waals surface area contributed by atoms with E-state index in [9.17, 15) is 10.1 Å². The first-order valence-electron chi connectivity index (χ1n) is 6.72. The predicted molar refractivity (Wildman–Crippen MR) is 76.4 cm³/mol. The van der Waals surface area contributed by atoms with E-state index in [1.165, 1.54) is 0 Å². The number of aryl methyl sites for hydroxylation is 1. The van der Waals surface area contributed by atoms with E-state index in [1.807, 2.05) is 4.90 Å². The number of anilines is 2. The summed E-state index contributed by atoms with van der Waals surface area (Å²) in [5.41, 5.74) is 2.65. The van der Waals surface area contributed by atoms with Crippen molar-refractivity contribution >= 4 is 17.5 Å². The number of hydrogen-bond acceptors (Lipinski definition) is 7. The molecule has 0 aromatic carbocycles. The summed E-state index contributed by atoms with van der Waals surface area (Å²) < 4.78 is 0. The molecule has 0 bridgehead atoms. The Labute approximate surface area is 117 Å². The Bertz CT molecular complexity index is 521. The largest absolute Gasteiger partial charge is 0.348 e. The van der Waals surface area contributed by atoms with E-state index in [-0.39, 0.29) is 17.7 Å². The van der Waals surface area contributed by atoms with Crippen LogP contribution in [0.15, 0.2) is 0 Å². The quantitative estimate of drug-likeness (QED) is 0.491. The van der Waals surface area contributed by atoms with Crippen molar-refractivity contribution in [2.24, 2.45) is 11.8 Å². The first kappa shape index (κ1) is 14.4. The maximum Gasteiger partial charge on any atom is 0.332 e. The Morgan fingerprint density at radius 3 is 2.75 bits per heavy atom. The molecule has 110 valence electrons. The van der Waals surface area contributed by atoms with Crippen molar-refractivity contribution in [1.29, 1.82) is 0 Å². The fourth-order valence-corrected chi connectivity index (χ4v) is 2.66. The van der Waals surface area contributed by atoms with Crippen molar-refractivity contribution in [3.8, 4) is 0 Å². The number of piperidine rings is 1. The molecular weight excluding hydrogens is 260 g/mol. The number of hydrazine groups is 1. The highest BCUT2D eigenvalue weighted by molar-refractivity contribution is 5.63. The van der Waals surface area contributed by atoms with Gasteiger partial charge in [0.1, 0.15) is 5.69 Å². The van der Waals surface area contributed by atoms with Crippen molar-refractivity contribution in [3.05, 3.63) is 15.8 Å². The summed E-state index contributed by atoms with van der Waals surface area (Å²) >= 11 is 0. The van der Waals surface area contributed by atoms with Gasteiger partial charge in [0.25, 0.3) is 0 Å². The number of nitro groups is 1. The van der Waals surface area contributed by atoms with Crippen LogP contribution < -0.4 is 16.2 Å². The highest BCUT2D eigenvalue weighted by Gasteiger charge is 2.32. The van der Waals surface area contributed by atoms with Gasteiger partial charge in [-0.15, -0.1) is 0 Å². The first-order valence-corrected chi connectivity index (χ1v) is 6.72. The molecule has 0 spiro atoms. The van der Waals surface area contributed by atoms with Crippen LogP contribution in [0.5, 0.6) is 0 Å². The molecule has 8 heteroatoms. The van der Waals surface area contributed by atoms with Crippen molar-refractivity contribution in [3.63, 3.8) is 0 Å². The molecule has 2 rings (SSSR count). The third-order valence-corrected chi connectivity index (χ3v) is 4.00. The molecule has 1 aliphatic rings. The standard InChI is InChI=1S/C12H20N6O2/c1-7-5-4-6-17(9(7)3)11-10(18(19)20)8(2)14-12(15-11)16-13/h7,9H,4-6,13H2,1-3H3,(H,14,15,16). The van der Waals surface area contributed by atoms with E-state index in [2.05, 4.69) is 29.2 Å². The van der Waals surface area contributed by atoms with Gasteiger partial charge < -0.3 is 4.90 Å². The SMILES string of the molecule is Cc1nc(NN)nc(N2CCCC(C)C2C)c1[N+](=O)[O-]. The molecule has 2 atom stereocenters. The second-order valence-corrected chi connectivity index (χ2v) is 5.26. The van der Waals surface area contributed by atoms with E-state index in [0.717, 1.165) is 19.4 Å². The van der Waals surface area contributed by atoms with E-state index in [4.69, 9.17) is 5.84 Å². The van der Waals surface area contributed by atoms with Crippen LogP contribution in [0, 0.1) is 23.0 Å². The zero-order valence-corrected chi connectivity index (χ0v) is 12.0. The highest BCUT2D eigenvalue weighted by Crippen LogP contribution is 2.35. The molecule has 1 fully saturated rings. The molecule has 8 nitrogen and oxygen atoms in total. The lowest BCUT2D eigenvalue weighted by Crippen LogP contribution is -2.43. The maximum absolute atomic E-state index is 11.3. The van der Waals surface area contributed by atoms with E-state index in [1.54, 1.807) is 6.92 Å². The van der Waals surface area contributed by atoms with Gasteiger partial charge in [-0.3, -0.25) is 15.5 Å². The van der Waals surface area contributed by atoms with Crippen molar-refractivity contribution in [2.45, 2.75) is 39.7 Å². The van der Waals surface area contributed by atoms with Crippen LogP contribution in [0.3, 0.4) is 0 Å². The van der Waals surface area contributed by atoms with Crippen LogP contribution in [0.2, 0.25) is 0 Å². The molecule has 0 saturated carbocycles. The zero-order chi connectivity index (χ0) is 14.9. The number of aromatic nitrogens is 2. The lowest BCUT2D eigenvalue weighted by Gasteiger charge is -2.38. The summed E-state index contributed by atoms with van der Waals surface area (Å²) in [5.74, 6) is 6.37. The Morgan fingerprint density at radius 2 is 2.15 bits per heavy atom. The molecule has 1 aromatic rings. The Balaban J connectivity index is 2.53. The molecule has 1 aromatic heterocycles. The van der Waals surface area contributed by atoms with Gasteiger partial charge in [-0.1, -0.05) is 6.92 Å². The van der Waals surface area contributed by atoms with Gasteiger partial charge in [-0.2, -0.15) is 4.98 Å². The third kappa shape index (κ3) is 2.51. The minimum absolute atomic E-state index is 0.0371. The summed E-state index contributed by atoms with van der Waals surface area (Å²) in [5, 5.41) is 11.3. The van der Waals surface area contributed by atoms with Crippen LogP contribution >= 0.6 is 0 Å². The predicted octanol–water partition coefficient (Wildman–Crippen LogP) is 1.60. The van der Waals surface area contributed by atoms with Crippen LogP contribution in [0.1, 0.15) is 32.4 Å². The highest BCUT2D eigenvalue weighted by atomic mass is 16.6. The van der Waals surface area contributed by atoms with Gasteiger partial charge in [0.05, 0.1) is 4.92 Å². The van der Waals surface area contributed by atoms with E-state index < -0.39 is 4.92 Å². The van der Waals surface area contributed by atoms with Gasteiger partial charge in [0.15, 0.2) is 0 Å². The molecule has 0 aliphatic carbocycles. The van der Waals surface area contributed by atoms with Gasteiger partial charge in [-0.25, -0.2) is 10.8 Å². The monoisotopic (exact) mass is 280 g/mol. The van der Waals surface area contributed by atoms with Crippen molar-refractivity contribution in [1.82, 2.24) is 9.97 Å². The average molecular weight is 280 g/mol. The van der Waals surface area contributed by atoms with Crippen LogP contribution in [0.4, 0.5) is 17.5 Å². The molecule has 0 radical (unpaired) electrons. The number of nitrogens with zero attached hydrogens (tertiary/aromatic N) is 4. The summed E-state index contributed by atoms with van der Waals surface area (Å²) in [4.78, 5) is 21.1. The fraction of sp³-hybridized carbons (Fsp3) is 0.667. The number of hydrogen-bond donors (Lipinski definition) is 2. The minimum Gasteiger partial charge on any atom is -0.348 e. The first-order chi connectivity index (χ1) is 9.45. The lowest BCUT2D eigenvalue weighted by atomic mass is 9.92. The molecule has 20 heavy (non-hydrogen) atoms. The molecule has 2 unspecified atom stereocenters. The van der Waals surface area contributed by atoms with Gasteiger partial charge >= 0.3 is 5.69 Å². The topological polar surface area (TPSA) is 110 Å². The average Bonchev–Trinajstić information content (AvgIpc) is 2.40. The van der Waals surface area contributed by atoms with Crippen molar-refractivity contribution < 1.29 is 4.92 Å².